The molecule has 0 N–H and O–H groups in total. The zero-order valence-electron chi connectivity index (χ0n) is 11.0. The molecule has 1 aromatic rings. The zero-order chi connectivity index (χ0) is 13.7. The second-order valence-electron chi connectivity index (χ2n) is 4.77. The maximum Gasteiger partial charge on any atom is 0.183 e. The van der Waals surface area contributed by atoms with Crippen molar-refractivity contribution in [2.75, 3.05) is 13.2 Å². The zero-order valence-corrected chi connectivity index (χ0v) is 11.0. The fourth-order valence-electron chi connectivity index (χ4n) is 2.00. The van der Waals surface area contributed by atoms with Crippen molar-refractivity contribution < 1.29 is 19.1 Å². The molecule has 0 spiro atoms. The second kappa shape index (κ2) is 6.59. The Morgan fingerprint density at radius 1 is 1.11 bits per heavy atom. The first-order chi connectivity index (χ1) is 9.16. The van der Waals surface area contributed by atoms with Gasteiger partial charge in [0.05, 0.1) is 19.1 Å². The summed E-state index contributed by atoms with van der Waals surface area (Å²) in [5.41, 5.74) is 0.956. The predicted octanol–water partition coefficient (Wildman–Crippen LogP) is 2.29. The topological polar surface area (TPSA) is 52.6 Å². The summed E-state index contributed by atoms with van der Waals surface area (Å²) in [7, 11) is 0. The Morgan fingerprint density at radius 3 is 2.32 bits per heavy atom. The van der Waals surface area contributed by atoms with E-state index < -0.39 is 6.29 Å². The summed E-state index contributed by atoms with van der Waals surface area (Å²) in [5.74, 6) is -0.172. The molecule has 102 valence electrons. The Morgan fingerprint density at radius 2 is 1.74 bits per heavy atom. The van der Waals surface area contributed by atoms with E-state index in [0.29, 0.717) is 19.6 Å². The van der Waals surface area contributed by atoms with E-state index in [0.717, 1.165) is 5.56 Å². The first kappa shape index (κ1) is 13.9. The third kappa shape index (κ3) is 3.98. The molecule has 19 heavy (non-hydrogen) atoms. The summed E-state index contributed by atoms with van der Waals surface area (Å²) in [6.45, 7) is 2.21. The summed E-state index contributed by atoms with van der Waals surface area (Å²) in [6, 6.07) is 9.64. The molecule has 1 aliphatic heterocycles. The van der Waals surface area contributed by atoms with E-state index in [1.807, 2.05) is 30.3 Å². The lowest BCUT2D eigenvalue weighted by Gasteiger charge is -2.28. The van der Waals surface area contributed by atoms with Crippen molar-refractivity contribution in [3.63, 3.8) is 0 Å². The van der Waals surface area contributed by atoms with Gasteiger partial charge in [0.2, 0.25) is 0 Å². The van der Waals surface area contributed by atoms with E-state index in [2.05, 4.69) is 0 Å². The molecule has 4 nitrogen and oxygen atoms in total. The Hall–Kier alpha value is -1.52. The number of carbonyl (C=O) groups is 2. The quantitative estimate of drug-likeness (QED) is 0.817. The van der Waals surface area contributed by atoms with Crippen molar-refractivity contribution in [2.45, 2.75) is 26.1 Å². The Kier molecular flexibility index (Phi) is 4.82. The van der Waals surface area contributed by atoms with E-state index in [1.54, 1.807) is 0 Å². The molecule has 1 saturated heterocycles. The molecule has 1 aromatic carbocycles. The van der Waals surface area contributed by atoms with Crippen LogP contribution in [0.4, 0.5) is 0 Å². The van der Waals surface area contributed by atoms with Gasteiger partial charge in [-0.3, -0.25) is 4.79 Å². The van der Waals surface area contributed by atoms with Crippen molar-refractivity contribution in [3.8, 4) is 0 Å². The molecule has 0 atom stereocenters. The molecule has 0 saturated carbocycles. The first-order valence-corrected chi connectivity index (χ1v) is 6.47. The van der Waals surface area contributed by atoms with Crippen LogP contribution in [0.5, 0.6) is 0 Å². The highest BCUT2D eigenvalue weighted by molar-refractivity contribution is 5.86. The van der Waals surface area contributed by atoms with Crippen LogP contribution in [0, 0.1) is 5.92 Å². The van der Waals surface area contributed by atoms with Gasteiger partial charge in [-0.05, 0) is 6.92 Å². The summed E-state index contributed by atoms with van der Waals surface area (Å²) in [5, 5.41) is 0. The van der Waals surface area contributed by atoms with Crippen LogP contribution in [0.25, 0.3) is 0 Å². The maximum absolute atomic E-state index is 11.8. The first-order valence-electron chi connectivity index (χ1n) is 6.47. The highest BCUT2D eigenvalue weighted by Crippen LogP contribution is 2.25. The van der Waals surface area contributed by atoms with Crippen LogP contribution >= 0.6 is 0 Å². The van der Waals surface area contributed by atoms with Gasteiger partial charge in [-0.1, -0.05) is 30.3 Å². The van der Waals surface area contributed by atoms with E-state index in [9.17, 15) is 9.59 Å². The molecule has 0 aromatic heterocycles. The van der Waals surface area contributed by atoms with Crippen molar-refractivity contribution in [3.05, 3.63) is 35.9 Å². The number of ketones is 2. The minimum atomic E-state index is -0.391. The van der Waals surface area contributed by atoms with Gasteiger partial charge in [-0.25, -0.2) is 0 Å². The van der Waals surface area contributed by atoms with Crippen molar-refractivity contribution in [1.29, 1.82) is 0 Å². The van der Waals surface area contributed by atoms with Gasteiger partial charge in [0, 0.05) is 18.4 Å². The van der Waals surface area contributed by atoms with Crippen LogP contribution in [0.1, 0.15) is 31.6 Å². The molecule has 0 amide bonds. The van der Waals surface area contributed by atoms with Crippen LogP contribution in [0.2, 0.25) is 0 Å². The normalized spacial score (nSPS) is 23.0. The number of rotatable bonds is 5. The number of ether oxygens (including phenoxy) is 2. The van der Waals surface area contributed by atoms with Gasteiger partial charge in [-0.2, -0.15) is 0 Å². The molecule has 1 aliphatic rings. The molecule has 0 unspecified atom stereocenters. The molecule has 1 heterocycles. The number of hydrogen-bond donors (Lipinski definition) is 0. The third-order valence-corrected chi connectivity index (χ3v) is 3.15. The Labute approximate surface area is 112 Å². The van der Waals surface area contributed by atoms with Gasteiger partial charge < -0.3 is 14.3 Å². The van der Waals surface area contributed by atoms with Crippen LogP contribution in [-0.4, -0.2) is 24.8 Å². The lowest BCUT2D eigenvalue weighted by Crippen LogP contribution is -2.32. The van der Waals surface area contributed by atoms with Crippen LogP contribution < -0.4 is 0 Å². The number of benzene rings is 1. The SMILES string of the molecule is CC(=O)CCC(=O)[C@H]1CO[C@@H](c2ccccc2)OC1. The maximum atomic E-state index is 11.8. The van der Waals surface area contributed by atoms with E-state index in [-0.39, 0.29) is 23.9 Å². The summed E-state index contributed by atoms with van der Waals surface area (Å²) in [6.07, 6.45) is 0.193. The van der Waals surface area contributed by atoms with Crippen molar-refractivity contribution >= 4 is 11.6 Å². The third-order valence-electron chi connectivity index (χ3n) is 3.15. The second-order valence-corrected chi connectivity index (χ2v) is 4.77. The van der Waals surface area contributed by atoms with Crippen LogP contribution in [0.3, 0.4) is 0 Å². The summed E-state index contributed by atoms with van der Waals surface area (Å²) >= 11 is 0. The summed E-state index contributed by atoms with van der Waals surface area (Å²) < 4.78 is 11.2. The van der Waals surface area contributed by atoms with Gasteiger partial charge >= 0.3 is 0 Å². The van der Waals surface area contributed by atoms with E-state index in [1.165, 1.54) is 6.92 Å². The van der Waals surface area contributed by atoms with E-state index >= 15 is 0 Å². The highest BCUT2D eigenvalue weighted by Gasteiger charge is 2.27. The minimum Gasteiger partial charge on any atom is -0.348 e. The summed E-state index contributed by atoms with van der Waals surface area (Å²) in [4.78, 5) is 22.7. The molecule has 1 fully saturated rings. The molecule has 4 heteroatoms. The monoisotopic (exact) mass is 262 g/mol. The fourth-order valence-corrected chi connectivity index (χ4v) is 2.00. The van der Waals surface area contributed by atoms with Gasteiger partial charge in [0.15, 0.2) is 6.29 Å². The van der Waals surface area contributed by atoms with Crippen LogP contribution in [0.15, 0.2) is 30.3 Å². The molecular formula is C15H18O4. The lowest BCUT2D eigenvalue weighted by molar-refractivity contribution is -0.205. The van der Waals surface area contributed by atoms with Crippen molar-refractivity contribution in [2.24, 2.45) is 5.92 Å². The Bertz CT molecular complexity index is 433. The van der Waals surface area contributed by atoms with Gasteiger partial charge in [0.25, 0.3) is 0 Å². The number of Topliss-reactive ketones (excluding diaryl/α,β-unsaturated/α-hetero) is 2. The lowest BCUT2D eigenvalue weighted by atomic mass is 10.0. The molecule has 0 aliphatic carbocycles. The number of carbonyl (C=O) groups excluding carboxylic acids is 2. The fraction of sp³-hybridized carbons (Fsp3) is 0.467. The standard InChI is InChI=1S/C15H18O4/c1-11(16)7-8-14(17)13-9-18-15(19-10-13)12-5-3-2-4-6-12/h2-6,13,15H,7-10H2,1H3/t13-,15+. The predicted molar refractivity (Wildman–Crippen MR) is 69.5 cm³/mol. The average molecular weight is 262 g/mol. The van der Waals surface area contributed by atoms with Gasteiger partial charge in [0.1, 0.15) is 11.6 Å². The molecular weight excluding hydrogens is 244 g/mol. The largest absolute Gasteiger partial charge is 0.348 e. The molecule has 0 bridgehead atoms. The average Bonchev–Trinajstić information content (AvgIpc) is 2.46. The number of hydrogen-bond acceptors (Lipinski definition) is 4. The van der Waals surface area contributed by atoms with Gasteiger partial charge in [-0.15, -0.1) is 0 Å². The Balaban J connectivity index is 1.82. The van der Waals surface area contributed by atoms with Crippen molar-refractivity contribution in [1.82, 2.24) is 0 Å². The van der Waals surface area contributed by atoms with Crippen LogP contribution in [-0.2, 0) is 19.1 Å². The molecule has 2 rings (SSSR count). The highest BCUT2D eigenvalue weighted by atomic mass is 16.7. The van der Waals surface area contributed by atoms with E-state index in [4.69, 9.17) is 9.47 Å². The minimum absolute atomic E-state index is 0.0353. The smallest absolute Gasteiger partial charge is 0.183 e. The molecule has 0 radical (unpaired) electrons.